The molecular formula is C18H26N4O2S. The van der Waals surface area contributed by atoms with Crippen LogP contribution in [0.2, 0.25) is 0 Å². The highest BCUT2D eigenvalue weighted by atomic mass is 32.1. The largest absolute Gasteiger partial charge is 0.342 e. The molecule has 1 unspecified atom stereocenters. The Hall–Kier alpha value is -1.47. The normalized spacial score (nSPS) is 25.8. The number of hydrogen-bond acceptors (Lipinski definition) is 5. The van der Waals surface area contributed by atoms with E-state index in [1.54, 1.807) is 6.20 Å². The van der Waals surface area contributed by atoms with Crippen LogP contribution in [-0.2, 0) is 9.59 Å². The van der Waals surface area contributed by atoms with Crippen LogP contribution in [0.5, 0.6) is 0 Å². The first kappa shape index (κ1) is 17.0. The van der Waals surface area contributed by atoms with Crippen molar-refractivity contribution < 1.29 is 9.59 Å². The lowest BCUT2D eigenvalue weighted by atomic mass is 9.90. The highest BCUT2D eigenvalue weighted by molar-refractivity contribution is 7.13. The van der Waals surface area contributed by atoms with Gasteiger partial charge in [0.15, 0.2) is 5.13 Å². The number of nitrogens with zero attached hydrogens (tertiary/aromatic N) is 3. The van der Waals surface area contributed by atoms with Gasteiger partial charge in [0.1, 0.15) is 0 Å². The average Bonchev–Trinajstić information content (AvgIpc) is 3.07. The molecule has 6 nitrogen and oxygen atoms in total. The first-order valence-electron chi connectivity index (χ1n) is 9.37. The number of thiazole rings is 1. The van der Waals surface area contributed by atoms with Crippen molar-refractivity contribution in [3.05, 3.63) is 11.6 Å². The Bertz CT molecular complexity index is 619. The van der Waals surface area contributed by atoms with E-state index in [1.807, 2.05) is 5.38 Å². The van der Waals surface area contributed by atoms with Gasteiger partial charge < -0.3 is 10.2 Å². The number of nitrogens with one attached hydrogen (secondary N) is 1. The van der Waals surface area contributed by atoms with Gasteiger partial charge in [0, 0.05) is 30.6 Å². The monoisotopic (exact) mass is 362 g/mol. The first-order chi connectivity index (χ1) is 12.2. The third-order valence-corrected chi connectivity index (χ3v) is 6.74. The van der Waals surface area contributed by atoms with Crippen molar-refractivity contribution in [1.29, 1.82) is 0 Å². The van der Waals surface area contributed by atoms with Crippen molar-refractivity contribution >= 4 is 28.3 Å². The Kier molecular flexibility index (Phi) is 4.78. The Morgan fingerprint density at radius 3 is 2.64 bits per heavy atom. The smallest absolute Gasteiger partial charge is 0.240 e. The van der Waals surface area contributed by atoms with Gasteiger partial charge in [-0.05, 0) is 57.0 Å². The van der Waals surface area contributed by atoms with Crippen LogP contribution in [0.15, 0.2) is 11.6 Å². The molecule has 4 rings (SSSR count). The van der Waals surface area contributed by atoms with Gasteiger partial charge in [-0.3, -0.25) is 14.5 Å². The zero-order valence-electron chi connectivity index (χ0n) is 14.6. The highest BCUT2D eigenvalue weighted by Crippen LogP contribution is 2.60. The second-order valence-corrected chi connectivity index (χ2v) is 8.56. The van der Waals surface area contributed by atoms with Crippen molar-refractivity contribution in [2.24, 2.45) is 11.3 Å². The maximum Gasteiger partial charge on any atom is 0.240 e. The van der Waals surface area contributed by atoms with E-state index in [9.17, 15) is 9.59 Å². The van der Waals surface area contributed by atoms with Crippen molar-refractivity contribution in [1.82, 2.24) is 14.8 Å². The molecule has 0 bridgehead atoms. The van der Waals surface area contributed by atoms with E-state index in [0.717, 1.165) is 58.3 Å². The standard InChI is InChI=1S/C18H26N4O2S/c23-15(20-17-19-6-11-25-17)13-21-9-4-18(5-10-21)12-14(18)16(24)22-7-2-1-3-8-22/h6,11,14H,1-5,7-10,12-13H2,(H,19,20,23). The number of carbonyl (C=O) groups excluding carboxylic acids is 2. The SMILES string of the molecule is O=C(CN1CCC2(CC1)CC2C(=O)N1CCCCC1)Nc1nccs1. The number of rotatable bonds is 4. The number of anilines is 1. The van der Waals surface area contributed by atoms with E-state index in [2.05, 4.69) is 20.1 Å². The van der Waals surface area contributed by atoms with Crippen molar-refractivity contribution in [3.8, 4) is 0 Å². The van der Waals surface area contributed by atoms with Crippen LogP contribution < -0.4 is 5.32 Å². The third-order valence-electron chi connectivity index (χ3n) is 6.05. The summed E-state index contributed by atoms with van der Waals surface area (Å²) in [5.74, 6) is 0.647. The third kappa shape index (κ3) is 3.72. The van der Waals surface area contributed by atoms with Crippen LogP contribution >= 0.6 is 11.3 Å². The van der Waals surface area contributed by atoms with E-state index in [-0.39, 0.29) is 17.2 Å². The number of aromatic nitrogens is 1. The summed E-state index contributed by atoms with van der Waals surface area (Å²) < 4.78 is 0. The Balaban J connectivity index is 1.23. The number of hydrogen-bond donors (Lipinski definition) is 1. The van der Waals surface area contributed by atoms with Gasteiger partial charge in [-0.2, -0.15) is 0 Å². The fourth-order valence-electron chi connectivity index (χ4n) is 4.39. The van der Waals surface area contributed by atoms with Gasteiger partial charge in [-0.25, -0.2) is 4.98 Å². The van der Waals surface area contributed by atoms with E-state index >= 15 is 0 Å². The molecule has 2 amide bonds. The summed E-state index contributed by atoms with van der Waals surface area (Å²) in [6.07, 6.45) is 8.42. The summed E-state index contributed by atoms with van der Waals surface area (Å²) >= 11 is 1.44. The summed E-state index contributed by atoms with van der Waals surface area (Å²) in [4.78, 5) is 33.2. The number of piperidine rings is 2. The van der Waals surface area contributed by atoms with Gasteiger partial charge in [0.25, 0.3) is 0 Å². The van der Waals surface area contributed by atoms with E-state index in [1.165, 1.54) is 17.8 Å². The Labute approximate surface area is 152 Å². The topological polar surface area (TPSA) is 65.5 Å². The molecular weight excluding hydrogens is 336 g/mol. The van der Waals surface area contributed by atoms with Gasteiger partial charge in [-0.1, -0.05) is 0 Å². The molecule has 2 saturated heterocycles. The van der Waals surface area contributed by atoms with Crippen LogP contribution in [-0.4, -0.2) is 59.3 Å². The molecule has 1 saturated carbocycles. The van der Waals surface area contributed by atoms with Crippen molar-refractivity contribution in [2.45, 2.75) is 38.5 Å². The van der Waals surface area contributed by atoms with Gasteiger partial charge in [0.05, 0.1) is 6.54 Å². The second-order valence-electron chi connectivity index (χ2n) is 7.67. The van der Waals surface area contributed by atoms with Gasteiger partial charge in [0.2, 0.25) is 11.8 Å². The maximum atomic E-state index is 12.7. The van der Waals surface area contributed by atoms with Gasteiger partial charge >= 0.3 is 0 Å². The molecule has 1 aromatic rings. The zero-order chi connectivity index (χ0) is 17.3. The zero-order valence-corrected chi connectivity index (χ0v) is 15.4. The molecule has 0 radical (unpaired) electrons. The minimum Gasteiger partial charge on any atom is -0.342 e. The molecule has 1 spiro atoms. The summed E-state index contributed by atoms with van der Waals surface area (Å²) in [7, 11) is 0. The lowest BCUT2D eigenvalue weighted by molar-refractivity contribution is -0.134. The highest BCUT2D eigenvalue weighted by Gasteiger charge is 2.59. The van der Waals surface area contributed by atoms with Crippen molar-refractivity contribution in [3.63, 3.8) is 0 Å². The molecule has 1 aliphatic carbocycles. The number of likely N-dealkylation sites (tertiary alicyclic amines) is 2. The van der Waals surface area contributed by atoms with Gasteiger partial charge in [-0.15, -0.1) is 11.3 Å². The minimum atomic E-state index is 0.00244. The predicted molar refractivity (Wildman–Crippen MR) is 97.4 cm³/mol. The maximum absolute atomic E-state index is 12.7. The summed E-state index contributed by atoms with van der Waals surface area (Å²) in [5, 5.41) is 5.36. The number of carbonyl (C=O) groups is 2. The molecule has 3 aliphatic rings. The predicted octanol–water partition coefficient (Wildman–Crippen LogP) is 2.20. The molecule has 2 aliphatic heterocycles. The average molecular weight is 362 g/mol. The molecule has 3 fully saturated rings. The van der Waals surface area contributed by atoms with Crippen LogP contribution in [0, 0.1) is 11.3 Å². The molecule has 136 valence electrons. The van der Waals surface area contributed by atoms with Crippen LogP contribution in [0.1, 0.15) is 38.5 Å². The molecule has 1 aromatic heterocycles. The summed E-state index contributed by atoms with van der Waals surface area (Å²) in [6, 6.07) is 0. The number of amides is 2. The fraction of sp³-hybridized carbons (Fsp3) is 0.722. The van der Waals surface area contributed by atoms with E-state index in [0.29, 0.717) is 17.6 Å². The fourth-order valence-corrected chi connectivity index (χ4v) is 4.93. The first-order valence-corrected chi connectivity index (χ1v) is 10.2. The molecule has 1 N–H and O–H groups in total. The Morgan fingerprint density at radius 1 is 1.20 bits per heavy atom. The molecule has 1 atom stereocenters. The summed E-state index contributed by atoms with van der Waals surface area (Å²) in [5.41, 5.74) is 0.233. The minimum absolute atomic E-state index is 0.00244. The Morgan fingerprint density at radius 2 is 1.96 bits per heavy atom. The van der Waals surface area contributed by atoms with E-state index < -0.39 is 0 Å². The second kappa shape index (κ2) is 7.03. The molecule has 7 heteroatoms. The summed E-state index contributed by atoms with van der Waals surface area (Å²) in [6.45, 7) is 4.15. The lowest BCUT2D eigenvalue weighted by Gasteiger charge is -2.33. The lowest BCUT2D eigenvalue weighted by Crippen LogP contribution is -2.42. The quantitative estimate of drug-likeness (QED) is 0.892. The van der Waals surface area contributed by atoms with Crippen LogP contribution in [0.4, 0.5) is 5.13 Å². The van der Waals surface area contributed by atoms with Crippen LogP contribution in [0.25, 0.3) is 0 Å². The van der Waals surface area contributed by atoms with Crippen molar-refractivity contribution in [2.75, 3.05) is 38.0 Å². The molecule has 3 heterocycles. The van der Waals surface area contributed by atoms with E-state index in [4.69, 9.17) is 0 Å². The molecule has 0 aromatic carbocycles. The molecule has 25 heavy (non-hydrogen) atoms. The van der Waals surface area contributed by atoms with Crippen LogP contribution in [0.3, 0.4) is 0 Å².